The third-order valence-electron chi connectivity index (χ3n) is 3.49. The van der Waals surface area contributed by atoms with E-state index in [9.17, 15) is 0 Å². The summed E-state index contributed by atoms with van der Waals surface area (Å²) in [4.78, 5) is 0. The summed E-state index contributed by atoms with van der Waals surface area (Å²) in [7, 11) is 0. The highest BCUT2D eigenvalue weighted by molar-refractivity contribution is 9.10. The van der Waals surface area contributed by atoms with Gasteiger partial charge in [0.2, 0.25) is 0 Å². The van der Waals surface area contributed by atoms with E-state index < -0.39 is 0 Å². The molecule has 0 fully saturated rings. The van der Waals surface area contributed by atoms with Gasteiger partial charge in [-0.25, -0.2) is 0 Å². The maximum Gasteiger partial charge on any atom is 0.125 e. The van der Waals surface area contributed by atoms with Crippen LogP contribution in [0, 0.1) is 0 Å². The lowest BCUT2D eigenvalue weighted by atomic mass is 9.98. The monoisotopic (exact) mass is 311 g/mol. The zero-order valence-electron chi connectivity index (χ0n) is 11.0. The number of fused-ring (bicyclic) bond motifs is 1. The SMILES string of the molecule is CCCCCC(N)Cc1cc(Br)cc2c1OCC2. The van der Waals surface area contributed by atoms with Gasteiger partial charge >= 0.3 is 0 Å². The number of rotatable bonds is 6. The molecule has 3 heteroatoms. The zero-order valence-corrected chi connectivity index (χ0v) is 12.6. The fraction of sp³-hybridized carbons (Fsp3) is 0.600. The maximum atomic E-state index is 6.22. The highest BCUT2D eigenvalue weighted by Crippen LogP contribution is 2.33. The molecule has 2 nitrogen and oxygen atoms in total. The largest absolute Gasteiger partial charge is 0.493 e. The Balaban J connectivity index is 2.00. The standard InChI is InChI=1S/C15H22BrNO/c1-2-3-4-5-14(17)10-12-9-13(16)8-11-6-7-18-15(11)12/h8-9,14H,2-7,10,17H2,1H3. The number of hydrogen-bond acceptors (Lipinski definition) is 2. The van der Waals surface area contributed by atoms with Crippen LogP contribution in [0.25, 0.3) is 0 Å². The third-order valence-corrected chi connectivity index (χ3v) is 3.94. The number of halogens is 1. The van der Waals surface area contributed by atoms with E-state index in [1.807, 2.05) is 0 Å². The Morgan fingerprint density at radius 1 is 1.39 bits per heavy atom. The summed E-state index contributed by atoms with van der Waals surface area (Å²) in [6, 6.07) is 4.57. The van der Waals surface area contributed by atoms with Gasteiger partial charge in [-0.15, -0.1) is 0 Å². The van der Waals surface area contributed by atoms with Crippen molar-refractivity contribution in [2.24, 2.45) is 5.73 Å². The van der Waals surface area contributed by atoms with Crippen molar-refractivity contribution < 1.29 is 4.74 Å². The van der Waals surface area contributed by atoms with E-state index >= 15 is 0 Å². The number of unbranched alkanes of at least 4 members (excludes halogenated alkanes) is 2. The smallest absolute Gasteiger partial charge is 0.125 e. The van der Waals surface area contributed by atoms with Crippen molar-refractivity contribution in [3.05, 3.63) is 27.7 Å². The minimum Gasteiger partial charge on any atom is -0.493 e. The van der Waals surface area contributed by atoms with Crippen LogP contribution in [0.5, 0.6) is 5.75 Å². The Bertz CT molecular complexity index is 406. The normalized spacial score (nSPS) is 15.3. The summed E-state index contributed by atoms with van der Waals surface area (Å²) < 4.78 is 6.88. The molecule has 1 aliphatic rings. The van der Waals surface area contributed by atoms with Gasteiger partial charge < -0.3 is 10.5 Å². The van der Waals surface area contributed by atoms with Crippen molar-refractivity contribution in [3.63, 3.8) is 0 Å². The topological polar surface area (TPSA) is 35.2 Å². The Morgan fingerprint density at radius 2 is 2.22 bits per heavy atom. The lowest BCUT2D eigenvalue weighted by molar-refractivity contribution is 0.352. The van der Waals surface area contributed by atoms with Crippen molar-refractivity contribution in [3.8, 4) is 5.75 Å². The van der Waals surface area contributed by atoms with Crippen LogP contribution < -0.4 is 10.5 Å². The molecule has 100 valence electrons. The number of hydrogen-bond donors (Lipinski definition) is 1. The average Bonchev–Trinajstić information content (AvgIpc) is 2.77. The van der Waals surface area contributed by atoms with Crippen LogP contribution in [0.4, 0.5) is 0 Å². The molecule has 18 heavy (non-hydrogen) atoms. The summed E-state index contributed by atoms with van der Waals surface area (Å²) in [5.41, 5.74) is 8.80. The van der Waals surface area contributed by atoms with E-state index in [0.29, 0.717) is 0 Å². The first-order chi connectivity index (χ1) is 8.70. The number of nitrogens with two attached hydrogens (primary N) is 1. The first-order valence-electron chi connectivity index (χ1n) is 6.90. The molecule has 2 N–H and O–H groups in total. The van der Waals surface area contributed by atoms with Gasteiger partial charge in [-0.3, -0.25) is 0 Å². The average molecular weight is 312 g/mol. The van der Waals surface area contributed by atoms with Gasteiger partial charge in [-0.2, -0.15) is 0 Å². The van der Waals surface area contributed by atoms with Crippen LogP contribution in [0.3, 0.4) is 0 Å². The van der Waals surface area contributed by atoms with Crippen molar-refractivity contribution in [1.82, 2.24) is 0 Å². The highest BCUT2D eigenvalue weighted by atomic mass is 79.9. The van der Waals surface area contributed by atoms with Gasteiger partial charge in [-0.05, 0) is 36.1 Å². The quantitative estimate of drug-likeness (QED) is 0.810. The van der Waals surface area contributed by atoms with Crippen molar-refractivity contribution in [2.45, 2.75) is 51.5 Å². The van der Waals surface area contributed by atoms with E-state index in [2.05, 4.69) is 35.0 Å². The molecule has 1 heterocycles. The summed E-state index contributed by atoms with van der Waals surface area (Å²) in [5.74, 6) is 1.09. The van der Waals surface area contributed by atoms with E-state index in [-0.39, 0.29) is 6.04 Å². The number of ether oxygens (including phenoxy) is 1. The molecular weight excluding hydrogens is 290 g/mol. The lowest BCUT2D eigenvalue weighted by Crippen LogP contribution is -2.22. The molecule has 1 aromatic carbocycles. The molecule has 0 radical (unpaired) electrons. The molecule has 1 atom stereocenters. The molecule has 1 unspecified atom stereocenters. The van der Waals surface area contributed by atoms with E-state index in [4.69, 9.17) is 10.5 Å². The van der Waals surface area contributed by atoms with Gasteiger partial charge in [0.15, 0.2) is 0 Å². The van der Waals surface area contributed by atoms with E-state index in [0.717, 1.165) is 36.1 Å². The Labute approximate surface area is 118 Å². The van der Waals surface area contributed by atoms with Gasteiger partial charge in [0.25, 0.3) is 0 Å². The Morgan fingerprint density at radius 3 is 3.00 bits per heavy atom. The summed E-state index contributed by atoms with van der Waals surface area (Å²) >= 11 is 3.57. The van der Waals surface area contributed by atoms with Gasteiger partial charge in [0.05, 0.1) is 6.61 Å². The van der Waals surface area contributed by atoms with Crippen LogP contribution >= 0.6 is 15.9 Å². The Hall–Kier alpha value is -0.540. The molecule has 2 rings (SSSR count). The second-order valence-corrected chi connectivity index (χ2v) is 6.03. The minimum atomic E-state index is 0.249. The molecule has 0 spiro atoms. The van der Waals surface area contributed by atoms with Gasteiger partial charge in [0.1, 0.15) is 5.75 Å². The zero-order chi connectivity index (χ0) is 13.0. The van der Waals surface area contributed by atoms with Crippen molar-refractivity contribution in [2.75, 3.05) is 6.61 Å². The highest BCUT2D eigenvalue weighted by Gasteiger charge is 2.18. The second kappa shape index (κ2) is 6.58. The molecule has 0 amide bonds. The summed E-state index contributed by atoms with van der Waals surface area (Å²) in [5, 5.41) is 0. The van der Waals surface area contributed by atoms with Gasteiger partial charge in [-0.1, -0.05) is 42.1 Å². The molecule has 0 aromatic heterocycles. The van der Waals surface area contributed by atoms with E-state index in [1.54, 1.807) is 0 Å². The molecule has 1 aromatic rings. The predicted octanol–water partition coefficient (Wildman–Crippen LogP) is 3.83. The molecular formula is C15H22BrNO. The molecule has 0 saturated carbocycles. The molecule has 0 aliphatic carbocycles. The van der Waals surface area contributed by atoms with Crippen LogP contribution in [-0.2, 0) is 12.8 Å². The fourth-order valence-corrected chi connectivity index (χ4v) is 3.09. The minimum absolute atomic E-state index is 0.249. The summed E-state index contributed by atoms with van der Waals surface area (Å²) in [6.45, 7) is 3.03. The van der Waals surface area contributed by atoms with Crippen LogP contribution in [0.2, 0.25) is 0 Å². The first-order valence-corrected chi connectivity index (χ1v) is 7.69. The second-order valence-electron chi connectivity index (χ2n) is 5.11. The van der Waals surface area contributed by atoms with Crippen LogP contribution in [-0.4, -0.2) is 12.6 Å². The molecule has 1 aliphatic heterocycles. The van der Waals surface area contributed by atoms with Crippen molar-refractivity contribution >= 4 is 15.9 Å². The maximum absolute atomic E-state index is 6.22. The van der Waals surface area contributed by atoms with Crippen molar-refractivity contribution in [1.29, 1.82) is 0 Å². The third kappa shape index (κ3) is 3.48. The van der Waals surface area contributed by atoms with Crippen LogP contribution in [0.15, 0.2) is 16.6 Å². The summed E-state index contributed by atoms with van der Waals surface area (Å²) in [6.07, 6.45) is 6.81. The van der Waals surface area contributed by atoms with Crippen LogP contribution in [0.1, 0.15) is 43.7 Å². The fourth-order valence-electron chi connectivity index (χ4n) is 2.54. The van der Waals surface area contributed by atoms with Gasteiger partial charge in [0, 0.05) is 16.9 Å². The van der Waals surface area contributed by atoms with E-state index in [1.165, 1.54) is 30.4 Å². The Kier molecular flexibility index (Phi) is 5.07. The predicted molar refractivity (Wildman–Crippen MR) is 79.2 cm³/mol. The first kappa shape index (κ1) is 13.9. The molecule has 0 saturated heterocycles. The molecule has 0 bridgehead atoms. The lowest BCUT2D eigenvalue weighted by Gasteiger charge is -2.14. The number of benzene rings is 1.